The molecule has 2 heterocycles. The van der Waals surface area contributed by atoms with Crippen molar-refractivity contribution in [2.24, 2.45) is 0 Å². The summed E-state index contributed by atoms with van der Waals surface area (Å²) in [5.41, 5.74) is 5.60. The third-order valence-corrected chi connectivity index (χ3v) is 8.71. The van der Waals surface area contributed by atoms with Crippen LogP contribution >= 0.6 is 11.7 Å². The molecule has 1 atom stereocenters. The van der Waals surface area contributed by atoms with Gasteiger partial charge >= 0.3 is 0 Å². The van der Waals surface area contributed by atoms with Crippen LogP contribution in [0, 0.1) is 51.4 Å². The molecule has 1 aliphatic heterocycles. The van der Waals surface area contributed by atoms with Gasteiger partial charge in [-0.15, -0.1) is 0 Å². The second kappa shape index (κ2) is 10.6. The first kappa shape index (κ1) is 27.8. The highest BCUT2D eigenvalue weighted by molar-refractivity contribution is 7.00. The van der Waals surface area contributed by atoms with Gasteiger partial charge in [-0.05, 0) is 46.5 Å². The first-order chi connectivity index (χ1) is 21.9. The SMILES string of the molecule is CN1c2ccccc2-c2c(cc(-c3ccc(-c4c(F)c(C#N)c(F)c(C#N)c4F)cc3)c3nsnc23)C1c1ccc(C#N)cc1. The molecular weight excluding hydrogens is 593 g/mol. The van der Waals surface area contributed by atoms with Crippen LogP contribution in [0.2, 0.25) is 0 Å². The first-order valence-corrected chi connectivity index (χ1v) is 14.3. The van der Waals surface area contributed by atoms with Crippen LogP contribution in [0.3, 0.4) is 0 Å². The second-order valence-electron chi connectivity index (χ2n) is 10.5. The lowest BCUT2D eigenvalue weighted by molar-refractivity contribution is 0.539. The molecule has 0 saturated heterocycles. The second-order valence-corrected chi connectivity index (χ2v) is 11.0. The number of para-hydroxylation sites is 1. The van der Waals surface area contributed by atoms with Crippen molar-refractivity contribution in [1.29, 1.82) is 15.8 Å². The maximum atomic E-state index is 15.1. The molecule has 0 N–H and O–H groups in total. The van der Waals surface area contributed by atoms with Crippen molar-refractivity contribution >= 4 is 28.4 Å². The fourth-order valence-corrected chi connectivity index (χ4v) is 6.66. The zero-order valence-corrected chi connectivity index (χ0v) is 24.1. The Morgan fingerprint density at radius 1 is 0.689 bits per heavy atom. The third-order valence-electron chi connectivity index (χ3n) is 8.18. The number of anilines is 1. The topological polar surface area (TPSA) is 100 Å². The minimum Gasteiger partial charge on any atom is -0.363 e. The molecule has 0 spiro atoms. The van der Waals surface area contributed by atoms with E-state index in [1.807, 2.05) is 43.4 Å². The van der Waals surface area contributed by atoms with Crippen molar-refractivity contribution in [2.45, 2.75) is 6.04 Å². The summed E-state index contributed by atoms with van der Waals surface area (Å²) in [6.07, 6.45) is 0. The Labute approximate surface area is 259 Å². The van der Waals surface area contributed by atoms with Crippen LogP contribution in [0.15, 0.2) is 78.9 Å². The van der Waals surface area contributed by atoms with Crippen molar-refractivity contribution in [3.05, 3.63) is 124 Å². The zero-order valence-electron chi connectivity index (χ0n) is 23.3. The average Bonchev–Trinajstić information content (AvgIpc) is 3.55. The number of hydrogen-bond acceptors (Lipinski definition) is 7. The average molecular weight is 611 g/mol. The van der Waals surface area contributed by atoms with Gasteiger partial charge in [0.15, 0.2) is 17.5 Å². The van der Waals surface area contributed by atoms with Crippen molar-refractivity contribution < 1.29 is 13.2 Å². The van der Waals surface area contributed by atoms with E-state index in [-0.39, 0.29) is 11.6 Å². The van der Waals surface area contributed by atoms with Gasteiger partial charge in [0.25, 0.3) is 0 Å². The summed E-state index contributed by atoms with van der Waals surface area (Å²) in [5.74, 6) is -4.26. The van der Waals surface area contributed by atoms with Gasteiger partial charge in [-0.3, -0.25) is 0 Å². The fraction of sp³-hybridized carbons (Fsp3) is 0.0571. The molecule has 214 valence electrons. The van der Waals surface area contributed by atoms with Crippen LogP contribution in [0.25, 0.3) is 44.4 Å². The Morgan fingerprint density at radius 3 is 1.96 bits per heavy atom. The first-order valence-electron chi connectivity index (χ1n) is 13.6. The summed E-state index contributed by atoms with van der Waals surface area (Å²) in [7, 11) is 2.01. The lowest BCUT2D eigenvalue weighted by Crippen LogP contribution is -2.29. The molecule has 0 aliphatic carbocycles. The molecule has 6 aromatic rings. The monoisotopic (exact) mass is 610 g/mol. The molecule has 0 saturated carbocycles. The molecule has 7 rings (SSSR count). The molecule has 0 fully saturated rings. The van der Waals surface area contributed by atoms with Gasteiger partial charge in [0.1, 0.15) is 34.3 Å². The number of fused-ring (bicyclic) bond motifs is 5. The van der Waals surface area contributed by atoms with Crippen molar-refractivity contribution in [3.8, 4) is 51.6 Å². The van der Waals surface area contributed by atoms with E-state index in [1.54, 1.807) is 24.3 Å². The van der Waals surface area contributed by atoms with Gasteiger partial charge in [0.2, 0.25) is 0 Å². The molecule has 0 amide bonds. The van der Waals surface area contributed by atoms with E-state index in [2.05, 4.69) is 21.4 Å². The quantitative estimate of drug-likeness (QED) is 0.200. The maximum Gasteiger partial charge on any atom is 0.164 e. The number of rotatable bonds is 3. The molecule has 0 radical (unpaired) electrons. The summed E-state index contributed by atoms with van der Waals surface area (Å²) in [6.45, 7) is 0. The van der Waals surface area contributed by atoms with Crippen LogP contribution in [0.5, 0.6) is 0 Å². The van der Waals surface area contributed by atoms with Crippen LogP contribution in [0.4, 0.5) is 18.9 Å². The molecule has 6 nitrogen and oxygen atoms in total. The smallest absolute Gasteiger partial charge is 0.164 e. The van der Waals surface area contributed by atoms with Crippen LogP contribution in [-0.2, 0) is 0 Å². The number of nitriles is 3. The highest BCUT2D eigenvalue weighted by Crippen LogP contribution is 2.50. The predicted molar refractivity (Wildman–Crippen MR) is 164 cm³/mol. The molecule has 10 heteroatoms. The predicted octanol–water partition coefficient (Wildman–Crippen LogP) is 8.26. The third kappa shape index (κ3) is 4.14. The van der Waals surface area contributed by atoms with E-state index in [9.17, 15) is 20.2 Å². The van der Waals surface area contributed by atoms with Gasteiger partial charge in [0.05, 0.1) is 35.0 Å². The van der Waals surface area contributed by atoms with Gasteiger partial charge in [-0.1, -0.05) is 54.6 Å². The normalized spacial score (nSPS) is 13.4. The Balaban J connectivity index is 1.43. The summed E-state index contributed by atoms with van der Waals surface area (Å²) in [4.78, 5) is 2.18. The summed E-state index contributed by atoms with van der Waals surface area (Å²) in [6, 6.07) is 28.5. The Morgan fingerprint density at radius 2 is 1.31 bits per heavy atom. The number of halogens is 3. The van der Waals surface area contributed by atoms with Crippen molar-refractivity contribution in [1.82, 2.24) is 8.75 Å². The van der Waals surface area contributed by atoms with E-state index in [0.29, 0.717) is 22.2 Å². The van der Waals surface area contributed by atoms with E-state index in [0.717, 1.165) is 45.2 Å². The zero-order chi connectivity index (χ0) is 31.4. The number of nitrogens with zero attached hydrogens (tertiary/aromatic N) is 6. The number of hydrogen-bond donors (Lipinski definition) is 0. The Kier molecular flexibility index (Phi) is 6.55. The van der Waals surface area contributed by atoms with E-state index >= 15 is 8.78 Å². The molecular formula is C35H17F3N6S. The molecule has 1 aromatic heterocycles. The summed E-state index contributed by atoms with van der Waals surface area (Å²) >= 11 is 1.08. The number of aromatic nitrogens is 2. The van der Waals surface area contributed by atoms with Crippen LogP contribution in [0.1, 0.15) is 33.9 Å². The maximum absolute atomic E-state index is 15.1. The van der Waals surface area contributed by atoms with E-state index in [4.69, 9.17) is 4.37 Å². The highest BCUT2D eigenvalue weighted by Gasteiger charge is 2.33. The minimum atomic E-state index is -1.52. The standard InChI is InChI=1S/C35H17F3N6S/c1-44-27-5-3-2-4-22(27)29-24(35(44)21-8-6-18(15-39)7-9-21)14-23(33-34(29)43-45-42-33)19-10-12-20(13-11-19)28-31(37)25(16-40)30(36)26(17-41)32(28)38/h2-14,35H,1H3. The van der Waals surface area contributed by atoms with Crippen molar-refractivity contribution in [2.75, 3.05) is 11.9 Å². The largest absolute Gasteiger partial charge is 0.363 e. The van der Waals surface area contributed by atoms with E-state index < -0.39 is 34.1 Å². The molecule has 0 bridgehead atoms. The molecule has 1 unspecified atom stereocenters. The van der Waals surface area contributed by atoms with Gasteiger partial charge in [-0.25, -0.2) is 13.2 Å². The Bertz CT molecular complexity index is 2270. The van der Waals surface area contributed by atoms with Gasteiger partial charge in [0, 0.05) is 29.4 Å². The van der Waals surface area contributed by atoms with Crippen LogP contribution in [-0.4, -0.2) is 15.8 Å². The summed E-state index contributed by atoms with van der Waals surface area (Å²) in [5, 5.41) is 27.9. The summed E-state index contributed by atoms with van der Waals surface area (Å²) < 4.78 is 54.0. The lowest BCUT2D eigenvalue weighted by atomic mass is 9.82. The molecule has 1 aliphatic rings. The van der Waals surface area contributed by atoms with Crippen molar-refractivity contribution in [3.63, 3.8) is 0 Å². The van der Waals surface area contributed by atoms with Crippen LogP contribution < -0.4 is 4.90 Å². The fourth-order valence-electron chi connectivity index (χ4n) is 6.09. The Hall–Kier alpha value is -6.02. The molecule has 45 heavy (non-hydrogen) atoms. The highest BCUT2D eigenvalue weighted by atomic mass is 32.1. The van der Waals surface area contributed by atoms with Gasteiger partial charge < -0.3 is 4.90 Å². The number of benzene rings is 5. The van der Waals surface area contributed by atoms with E-state index in [1.165, 1.54) is 24.3 Å². The lowest BCUT2D eigenvalue weighted by Gasteiger charge is -2.38. The molecule has 5 aromatic carbocycles. The van der Waals surface area contributed by atoms with Gasteiger partial charge in [-0.2, -0.15) is 24.5 Å². The minimum absolute atomic E-state index is 0.0384.